The van der Waals surface area contributed by atoms with Gasteiger partial charge in [-0.05, 0) is 70.6 Å². The van der Waals surface area contributed by atoms with Crippen molar-refractivity contribution in [2.45, 2.75) is 302 Å². The molecule has 0 aromatic carbocycles. The third-order valence-electron chi connectivity index (χ3n) is 12.3. The summed E-state index contributed by atoms with van der Waals surface area (Å²) in [5.74, 6) is -0.501. The first-order valence-corrected chi connectivity index (χ1v) is 26.6. The SMILES string of the molecule is CCCCCCCCC/C=C\CCCC(CC(=O)NC(CO)C(O)CCCCCCCCCCCCC)OC(=O)CCCCCCC/C=C/CCCCCCCCCCC. The van der Waals surface area contributed by atoms with Gasteiger partial charge in [-0.2, -0.15) is 0 Å². The van der Waals surface area contributed by atoms with Crippen molar-refractivity contribution in [3.8, 4) is 0 Å². The van der Waals surface area contributed by atoms with Crippen LogP contribution in [-0.4, -0.2) is 46.9 Å². The van der Waals surface area contributed by atoms with Crippen LogP contribution in [0.15, 0.2) is 24.3 Å². The topological polar surface area (TPSA) is 95.9 Å². The molecule has 3 unspecified atom stereocenters. The van der Waals surface area contributed by atoms with Crippen molar-refractivity contribution in [3.05, 3.63) is 24.3 Å². The van der Waals surface area contributed by atoms with E-state index in [-0.39, 0.29) is 24.9 Å². The van der Waals surface area contributed by atoms with Crippen LogP contribution >= 0.6 is 0 Å². The molecule has 60 heavy (non-hydrogen) atoms. The lowest BCUT2D eigenvalue weighted by molar-refractivity contribution is -0.151. The third-order valence-corrected chi connectivity index (χ3v) is 12.3. The summed E-state index contributed by atoms with van der Waals surface area (Å²) in [4.78, 5) is 26.1. The number of aliphatic hydroxyl groups excluding tert-OH is 2. The molecule has 0 saturated heterocycles. The summed E-state index contributed by atoms with van der Waals surface area (Å²) >= 11 is 0. The second-order valence-corrected chi connectivity index (χ2v) is 18.3. The molecular weight excluding hydrogens is 743 g/mol. The van der Waals surface area contributed by atoms with Crippen LogP contribution in [0.1, 0.15) is 284 Å². The number of nitrogens with one attached hydrogen (secondary N) is 1. The van der Waals surface area contributed by atoms with E-state index in [0.717, 1.165) is 64.2 Å². The molecule has 6 heteroatoms. The molecule has 0 aliphatic heterocycles. The van der Waals surface area contributed by atoms with E-state index in [1.54, 1.807) is 0 Å². The molecule has 0 spiro atoms. The van der Waals surface area contributed by atoms with Gasteiger partial charge in [-0.25, -0.2) is 0 Å². The first-order valence-electron chi connectivity index (χ1n) is 26.6. The maximum atomic E-state index is 13.2. The van der Waals surface area contributed by atoms with Crippen LogP contribution in [0.5, 0.6) is 0 Å². The van der Waals surface area contributed by atoms with E-state index in [4.69, 9.17) is 4.74 Å². The highest BCUT2D eigenvalue weighted by molar-refractivity contribution is 5.77. The van der Waals surface area contributed by atoms with E-state index in [9.17, 15) is 19.8 Å². The number of allylic oxidation sites excluding steroid dienone is 4. The van der Waals surface area contributed by atoms with Gasteiger partial charge < -0.3 is 20.3 Å². The highest BCUT2D eigenvalue weighted by Gasteiger charge is 2.24. The lowest BCUT2D eigenvalue weighted by Crippen LogP contribution is -2.46. The van der Waals surface area contributed by atoms with Crippen LogP contribution in [0.3, 0.4) is 0 Å². The number of esters is 1. The highest BCUT2D eigenvalue weighted by atomic mass is 16.5. The van der Waals surface area contributed by atoms with Crippen molar-refractivity contribution in [1.82, 2.24) is 5.32 Å². The van der Waals surface area contributed by atoms with Gasteiger partial charge in [0, 0.05) is 6.42 Å². The summed E-state index contributed by atoms with van der Waals surface area (Å²) < 4.78 is 5.92. The fourth-order valence-corrected chi connectivity index (χ4v) is 8.19. The van der Waals surface area contributed by atoms with Gasteiger partial charge in [0.15, 0.2) is 0 Å². The zero-order chi connectivity index (χ0) is 43.8. The molecule has 0 aromatic rings. The standard InChI is InChI=1S/C54H103NO5/c1-4-7-10-13-16-19-22-24-25-26-27-28-29-32-35-38-41-44-47-54(59)60-50(45-42-39-36-33-31-23-20-17-14-11-8-5-2)48-53(58)55-51(49-56)52(57)46-43-40-37-34-30-21-18-15-12-9-6-3/h27-28,33,36,50-52,56-57H,4-26,29-32,34-35,37-49H2,1-3H3,(H,55,58)/b28-27+,36-33-. The number of hydrogen-bond acceptors (Lipinski definition) is 5. The van der Waals surface area contributed by atoms with Crippen LogP contribution < -0.4 is 5.32 Å². The normalized spacial score (nSPS) is 13.3. The minimum absolute atomic E-state index is 0.0573. The summed E-state index contributed by atoms with van der Waals surface area (Å²) in [6.07, 6.45) is 55.3. The second kappa shape index (κ2) is 48.4. The van der Waals surface area contributed by atoms with Gasteiger partial charge >= 0.3 is 5.97 Å². The number of ether oxygens (including phenoxy) is 1. The van der Waals surface area contributed by atoms with Gasteiger partial charge in [-0.3, -0.25) is 9.59 Å². The van der Waals surface area contributed by atoms with E-state index < -0.39 is 18.2 Å². The van der Waals surface area contributed by atoms with Crippen molar-refractivity contribution in [1.29, 1.82) is 0 Å². The van der Waals surface area contributed by atoms with Crippen molar-refractivity contribution >= 4 is 11.9 Å². The number of aliphatic hydroxyl groups is 2. The van der Waals surface area contributed by atoms with Crippen LogP contribution in [0.2, 0.25) is 0 Å². The van der Waals surface area contributed by atoms with Crippen LogP contribution in [0.25, 0.3) is 0 Å². The molecule has 1 amide bonds. The lowest BCUT2D eigenvalue weighted by atomic mass is 10.0. The first-order chi connectivity index (χ1) is 29.5. The number of unbranched alkanes of at least 4 members (excludes halogenated alkanes) is 32. The minimum atomic E-state index is -0.791. The van der Waals surface area contributed by atoms with Crippen LogP contribution in [-0.2, 0) is 14.3 Å². The first kappa shape index (κ1) is 58.3. The Labute approximate surface area is 373 Å². The van der Waals surface area contributed by atoms with Gasteiger partial charge in [-0.1, -0.05) is 225 Å². The molecular formula is C54H103NO5. The van der Waals surface area contributed by atoms with Crippen molar-refractivity contribution in [2.75, 3.05) is 6.61 Å². The van der Waals surface area contributed by atoms with Gasteiger partial charge in [0.05, 0.1) is 25.2 Å². The number of carbonyl (C=O) groups excluding carboxylic acids is 2. The minimum Gasteiger partial charge on any atom is -0.462 e. The summed E-state index contributed by atoms with van der Waals surface area (Å²) in [6, 6.07) is -0.707. The Morgan fingerprint density at radius 2 is 0.817 bits per heavy atom. The molecule has 3 N–H and O–H groups in total. The fourth-order valence-electron chi connectivity index (χ4n) is 8.19. The predicted molar refractivity (Wildman–Crippen MR) is 260 cm³/mol. The molecule has 0 aliphatic rings. The monoisotopic (exact) mass is 846 g/mol. The lowest BCUT2D eigenvalue weighted by Gasteiger charge is -2.24. The Morgan fingerprint density at radius 1 is 0.467 bits per heavy atom. The summed E-state index contributed by atoms with van der Waals surface area (Å²) in [7, 11) is 0. The molecule has 3 atom stereocenters. The number of carbonyl (C=O) groups is 2. The van der Waals surface area contributed by atoms with Gasteiger partial charge in [0.25, 0.3) is 0 Å². The smallest absolute Gasteiger partial charge is 0.306 e. The molecule has 0 fully saturated rings. The molecule has 0 saturated carbocycles. The molecule has 0 aromatic heterocycles. The summed E-state index contributed by atoms with van der Waals surface area (Å²) in [5, 5.41) is 23.7. The predicted octanol–water partition coefficient (Wildman–Crippen LogP) is 15.9. The molecule has 354 valence electrons. The van der Waals surface area contributed by atoms with E-state index in [0.29, 0.717) is 19.3 Å². The zero-order valence-corrected chi connectivity index (χ0v) is 40.4. The number of rotatable bonds is 48. The largest absolute Gasteiger partial charge is 0.462 e. The molecule has 6 nitrogen and oxygen atoms in total. The Morgan fingerprint density at radius 3 is 1.22 bits per heavy atom. The second-order valence-electron chi connectivity index (χ2n) is 18.3. The maximum absolute atomic E-state index is 13.2. The van der Waals surface area contributed by atoms with E-state index >= 15 is 0 Å². The molecule has 0 bridgehead atoms. The van der Waals surface area contributed by atoms with Gasteiger partial charge in [-0.15, -0.1) is 0 Å². The van der Waals surface area contributed by atoms with Crippen molar-refractivity contribution < 1.29 is 24.5 Å². The van der Waals surface area contributed by atoms with Crippen LogP contribution in [0, 0.1) is 0 Å². The quantitative estimate of drug-likeness (QED) is 0.0322. The Kier molecular flexibility index (Phi) is 47.0. The third kappa shape index (κ3) is 43.0. The van der Waals surface area contributed by atoms with E-state index in [1.165, 1.54) is 173 Å². The van der Waals surface area contributed by atoms with Crippen molar-refractivity contribution in [2.24, 2.45) is 0 Å². The fraction of sp³-hybridized carbons (Fsp3) is 0.889. The number of amides is 1. The van der Waals surface area contributed by atoms with Crippen LogP contribution in [0.4, 0.5) is 0 Å². The maximum Gasteiger partial charge on any atom is 0.306 e. The molecule has 0 rings (SSSR count). The Balaban J connectivity index is 4.53. The van der Waals surface area contributed by atoms with E-state index in [2.05, 4.69) is 50.4 Å². The number of hydrogen-bond donors (Lipinski definition) is 3. The summed E-state index contributed by atoms with van der Waals surface area (Å²) in [5.41, 5.74) is 0. The molecule has 0 heterocycles. The average Bonchev–Trinajstić information content (AvgIpc) is 3.24. The highest BCUT2D eigenvalue weighted by Crippen LogP contribution is 2.17. The van der Waals surface area contributed by atoms with Gasteiger partial charge in [0.1, 0.15) is 6.10 Å². The van der Waals surface area contributed by atoms with Crippen molar-refractivity contribution in [3.63, 3.8) is 0 Å². The molecule has 0 radical (unpaired) electrons. The zero-order valence-electron chi connectivity index (χ0n) is 40.4. The Bertz CT molecular complexity index is 950. The van der Waals surface area contributed by atoms with E-state index in [1.807, 2.05) is 0 Å². The molecule has 0 aliphatic carbocycles. The Hall–Kier alpha value is -1.66. The summed E-state index contributed by atoms with van der Waals surface area (Å²) in [6.45, 7) is 6.48. The van der Waals surface area contributed by atoms with Gasteiger partial charge in [0.2, 0.25) is 5.91 Å². The average molecular weight is 846 g/mol.